The van der Waals surface area contributed by atoms with Crippen LogP contribution in [-0.2, 0) is 22.7 Å². The van der Waals surface area contributed by atoms with E-state index in [9.17, 15) is 9.59 Å². The van der Waals surface area contributed by atoms with E-state index in [0.717, 1.165) is 10.4 Å². The first-order valence-electron chi connectivity index (χ1n) is 7.37. The minimum absolute atomic E-state index is 0.0632. The van der Waals surface area contributed by atoms with Gasteiger partial charge in [0.15, 0.2) is 0 Å². The average molecular weight is 314 g/mol. The number of benzene rings is 1. The lowest BCUT2D eigenvalue weighted by Gasteiger charge is -2.23. The van der Waals surface area contributed by atoms with Gasteiger partial charge in [0.2, 0.25) is 11.8 Å². The molecule has 2 heterocycles. The maximum absolute atomic E-state index is 12.4. The summed E-state index contributed by atoms with van der Waals surface area (Å²) >= 11 is 1.61. The Morgan fingerprint density at radius 1 is 1.23 bits per heavy atom. The van der Waals surface area contributed by atoms with Crippen LogP contribution < -0.4 is 5.32 Å². The van der Waals surface area contributed by atoms with Gasteiger partial charge in [-0.2, -0.15) is 0 Å². The lowest BCUT2D eigenvalue weighted by Crippen LogP contribution is -2.43. The normalized spacial score (nSPS) is 17.7. The maximum Gasteiger partial charge on any atom is 0.243 e. The summed E-state index contributed by atoms with van der Waals surface area (Å²) in [5.74, 6) is -0.000444. The first kappa shape index (κ1) is 14.8. The number of nitrogens with one attached hydrogen (secondary N) is 1. The van der Waals surface area contributed by atoms with Gasteiger partial charge in [-0.25, -0.2) is 0 Å². The first-order chi connectivity index (χ1) is 10.7. The number of carbonyl (C=O) groups is 2. The zero-order valence-electron chi connectivity index (χ0n) is 12.2. The molecule has 1 aliphatic rings. The lowest BCUT2D eigenvalue weighted by atomic mass is 10.2. The third-order valence-electron chi connectivity index (χ3n) is 3.85. The van der Waals surface area contributed by atoms with Gasteiger partial charge < -0.3 is 10.2 Å². The Morgan fingerprint density at radius 2 is 2.05 bits per heavy atom. The minimum atomic E-state index is -0.349. The summed E-state index contributed by atoms with van der Waals surface area (Å²) in [7, 11) is 0. The molecule has 5 heteroatoms. The van der Waals surface area contributed by atoms with E-state index < -0.39 is 0 Å². The highest BCUT2D eigenvalue weighted by Crippen LogP contribution is 2.23. The van der Waals surface area contributed by atoms with Gasteiger partial charge in [-0.05, 0) is 23.4 Å². The molecule has 1 unspecified atom stereocenters. The van der Waals surface area contributed by atoms with Crippen LogP contribution in [0.4, 0.5) is 0 Å². The van der Waals surface area contributed by atoms with Crippen molar-refractivity contribution in [3.8, 4) is 0 Å². The molecule has 3 rings (SSSR count). The molecular formula is C17H18N2O2S. The Labute approximate surface area is 133 Å². The Balaban J connectivity index is 1.61. The van der Waals surface area contributed by atoms with Crippen molar-refractivity contribution in [3.63, 3.8) is 0 Å². The highest BCUT2D eigenvalue weighted by Gasteiger charge is 2.35. The maximum atomic E-state index is 12.4. The Bertz CT molecular complexity index is 640. The summed E-state index contributed by atoms with van der Waals surface area (Å²) < 4.78 is 0. The van der Waals surface area contributed by atoms with Crippen LogP contribution >= 0.6 is 11.3 Å². The molecule has 1 saturated heterocycles. The molecule has 0 radical (unpaired) electrons. The summed E-state index contributed by atoms with van der Waals surface area (Å²) in [6, 6.07) is 13.4. The quantitative estimate of drug-likeness (QED) is 0.922. The fourth-order valence-corrected chi connectivity index (χ4v) is 3.38. The van der Waals surface area contributed by atoms with E-state index in [4.69, 9.17) is 0 Å². The van der Waals surface area contributed by atoms with Gasteiger partial charge in [0.25, 0.3) is 0 Å². The van der Waals surface area contributed by atoms with E-state index in [1.54, 1.807) is 16.2 Å². The van der Waals surface area contributed by atoms with Crippen LogP contribution in [-0.4, -0.2) is 22.8 Å². The highest BCUT2D eigenvalue weighted by atomic mass is 32.1. The van der Waals surface area contributed by atoms with Crippen molar-refractivity contribution in [3.05, 3.63) is 58.3 Å². The third kappa shape index (κ3) is 3.36. The van der Waals surface area contributed by atoms with Crippen LogP contribution in [0.25, 0.3) is 0 Å². The second-order valence-corrected chi connectivity index (χ2v) is 6.39. The number of carbonyl (C=O) groups excluding carboxylic acids is 2. The molecule has 1 N–H and O–H groups in total. The Hall–Kier alpha value is -2.14. The molecule has 4 nitrogen and oxygen atoms in total. The molecule has 2 amide bonds. The number of hydrogen-bond donors (Lipinski definition) is 1. The highest BCUT2D eigenvalue weighted by molar-refractivity contribution is 7.09. The Kier molecular flexibility index (Phi) is 4.53. The SMILES string of the molecule is O=C(NCc1ccccc1)C1CCC(=O)N1Cc1cccs1. The smallest absolute Gasteiger partial charge is 0.243 e. The van der Waals surface area contributed by atoms with Gasteiger partial charge in [-0.1, -0.05) is 36.4 Å². The predicted molar refractivity (Wildman–Crippen MR) is 86.2 cm³/mol. The minimum Gasteiger partial charge on any atom is -0.350 e. The molecule has 1 aliphatic heterocycles. The molecule has 0 saturated carbocycles. The standard InChI is InChI=1S/C17H18N2O2S/c20-16-9-8-15(19(16)12-14-7-4-10-22-14)17(21)18-11-13-5-2-1-3-6-13/h1-7,10,15H,8-9,11-12H2,(H,18,21). The molecule has 1 aromatic heterocycles. The zero-order valence-corrected chi connectivity index (χ0v) is 13.0. The number of likely N-dealkylation sites (tertiary alicyclic amines) is 1. The van der Waals surface area contributed by atoms with Gasteiger partial charge in [0.1, 0.15) is 6.04 Å². The number of hydrogen-bond acceptors (Lipinski definition) is 3. The van der Waals surface area contributed by atoms with Gasteiger partial charge in [0.05, 0.1) is 6.54 Å². The van der Waals surface area contributed by atoms with Crippen molar-refractivity contribution in [1.82, 2.24) is 10.2 Å². The summed E-state index contributed by atoms with van der Waals surface area (Å²) in [4.78, 5) is 27.2. The van der Waals surface area contributed by atoms with Gasteiger partial charge in [-0.15, -0.1) is 11.3 Å². The van der Waals surface area contributed by atoms with Crippen LogP contribution in [0, 0.1) is 0 Å². The second kappa shape index (κ2) is 6.75. The van der Waals surface area contributed by atoms with E-state index in [2.05, 4.69) is 5.32 Å². The van der Waals surface area contributed by atoms with Crippen molar-refractivity contribution in [1.29, 1.82) is 0 Å². The largest absolute Gasteiger partial charge is 0.350 e. The van der Waals surface area contributed by atoms with E-state index in [1.165, 1.54) is 0 Å². The zero-order chi connectivity index (χ0) is 15.4. The molecule has 1 aromatic carbocycles. The van der Waals surface area contributed by atoms with Gasteiger partial charge >= 0.3 is 0 Å². The summed E-state index contributed by atoms with van der Waals surface area (Å²) in [5, 5.41) is 4.93. The van der Waals surface area contributed by atoms with Crippen molar-refractivity contribution < 1.29 is 9.59 Å². The van der Waals surface area contributed by atoms with Crippen LogP contribution in [0.3, 0.4) is 0 Å². The van der Waals surface area contributed by atoms with Crippen molar-refractivity contribution in [2.45, 2.75) is 32.0 Å². The van der Waals surface area contributed by atoms with E-state index in [0.29, 0.717) is 25.9 Å². The van der Waals surface area contributed by atoms with E-state index in [1.807, 2.05) is 47.8 Å². The van der Waals surface area contributed by atoms with Crippen LogP contribution in [0.2, 0.25) is 0 Å². The van der Waals surface area contributed by atoms with Crippen molar-refractivity contribution in [2.24, 2.45) is 0 Å². The molecule has 0 bridgehead atoms. The molecule has 22 heavy (non-hydrogen) atoms. The van der Waals surface area contributed by atoms with E-state index in [-0.39, 0.29) is 17.9 Å². The third-order valence-corrected chi connectivity index (χ3v) is 4.71. The number of rotatable bonds is 5. The van der Waals surface area contributed by atoms with E-state index >= 15 is 0 Å². The fourth-order valence-electron chi connectivity index (χ4n) is 2.68. The molecule has 1 fully saturated rings. The van der Waals surface area contributed by atoms with Crippen molar-refractivity contribution >= 4 is 23.2 Å². The number of amides is 2. The van der Waals surface area contributed by atoms with Gasteiger partial charge in [0, 0.05) is 17.8 Å². The van der Waals surface area contributed by atoms with Crippen LogP contribution in [0.15, 0.2) is 47.8 Å². The molecule has 1 atom stereocenters. The lowest BCUT2D eigenvalue weighted by molar-refractivity contribution is -0.135. The number of thiophene rings is 1. The number of nitrogens with zero attached hydrogens (tertiary/aromatic N) is 1. The van der Waals surface area contributed by atoms with Crippen molar-refractivity contribution in [2.75, 3.05) is 0 Å². The summed E-state index contributed by atoms with van der Waals surface area (Å²) in [6.45, 7) is 1.02. The Morgan fingerprint density at radius 3 is 2.77 bits per heavy atom. The monoisotopic (exact) mass is 314 g/mol. The topological polar surface area (TPSA) is 49.4 Å². The van der Waals surface area contributed by atoms with Crippen LogP contribution in [0.1, 0.15) is 23.3 Å². The summed E-state index contributed by atoms with van der Waals surface area (Å²) in [6.07, 6.45) is 1.06. The molecule has 0 spiro atoms. The first-order valence-corrected chi connectivity index (χ1v) is 8.25. The average Bonchev–Trinajstić information content (AvgIpc) is 3.17. The summed E-state index contributed by atoms with van der Waals surface area (Å²) in [5.41, 5.74) is 1.06. The predicted octanol–water partition coefficient (Wildman–Crippen LogP) is 2.56. The molecular weight excluding hydrogens is 296 g/mol. The molecule has 0 aliphatic carbocycles. The molecule has 114 valence electrons. The molecule has 2 aromatic rings. The van der Waals surface area contributed by atoms with Gasteiger partial charge in [-0.3, -0.25) is 9.59 Å². The van der Waals surface area contributed by atoms with Crippen LogP contribution in [0.5, 0.6) is 0 Å². The fraction of sp³-hybridized carbons (Fsp3) is 0.294. The second-order valence-electron chi connectivity index (χ2n) is 5.36.